The van der Waals surface area contributed by atoms with Gasteiger partial charge in [0, 0.05) is 18.7 Å². The van der Waals surface area contributed by atoms with E-state index in [9.17, 15) is 18.0 Å². The summed E-state index contributed by atoms with van der Waals surface area (Å²) in [5.74, 6) is -0.267. The van der Waals surface area contributed by atoms with Crippen molar-refractivity contribution in [2.45, 2.75) is 32.5 Å². The molecular formula is C11H16F3NO2. The number of amides is 1. The number of carbonyl (C=O) groups is 1. The molecule has 0 bridgehead atoms. The predicted molar refractivity (Wildman–Crippen MR) is 56.4 cm³/mol. The summed E-state index contributed by atoms with van der Waals surface area (Å²) in [7, 11) is 0. The highest BCUT2D eigenvalue weighted by Crippen LogP contribution is 2.30. The molecule has 1 rings (SSSR count). The molecule has 1 aliphatic rings. The third-order valence-electron chi connectivity index (χ3n) is 2.47. The van der Waals surface area contributed by atoms with Crippen molar-refractivity contribution in [2.24, 2.45) is 0 Å². The molecule has 3 nitrogen and oxygen atoms in total. The molecule has 1 heterocycles. The fraction of sp³-hybridized carbons (Fsp3) is 0.727. The number of halogens is 3. The van der Waals surface area contributed by atoms with E-state index >= 15 is 0 Å². The quantitative estimate of drug-likeness (QED) is 0.719. The molecule has 1 amide bonds. The van der Waals surface area contributed by atoms with Gasteiger partial charge >= 0.3 is 6.18 Å². The molecule has 0 aromatic carbocycles. The maximum Gasteiger partial charge on any atom is 0.412 e. The molecule has 6 heteroatoms. The molecule has 0 spiro atoms. The Morgan fingerprint density at radius 3 is 2.59 bits per heavy atom. The van der Waals surface area contributed by atoms with Crippen LogP contribution in [-0.4, -0.2) is 42.8 Å². The van der Waals surface area contributed by atoms with Gasteiger partial charge in [-0.25, -0.2) is 0 Å². The van der Waals surface area contributed by atoms with Gasteiger partial charge in [-0.05, 0) is 20.3 Å². The summed E-state index contributed by atoms with van der Waals surface area (Å²) in [5, 5.41) is 0. The molecule has 0 N–H and O–H groups in total. The summed E-state index contributed by atoms with van der Waals surface area (Å²) in [6.07, 6.45) is -3.41. The van der Waals surface area contributed by atoms with Gasteiger partial charge in [0.05, 0.1) is 6.10 Å². The number of alkyl halides is 3. The van der Waals surface area contributed by atoms with Crippen LogP contribution in [0.2, 0.25) is 0 Å². The molecule has 0 aromatic heterocycles. The van der Waals surface area contributed by atoms with Crippen LogP contribution in [0.5, 0.6) is 0 Å². The van der Waals surface area contributed by atoms with Crippen LogP contribution in [0.25, 0.3) is 0 Å². The Morgan fingerprint density at radius 2 is 2.18 bits per heavy atom. The van der Waals surface area contributed by atoms with E-state index in [1.54, 1.807) is 13.8 Å². The van der Waals surface area contributed by atoms with E-state index in [-0.39, 0.29) is 38.1 Å². The molecule has 17 heavy (non-hydrogen) atoms. The van der Waals surface area contributed by atoms with Crippen molar-refractivity contribution in [2.75, 3.05) is 19.7 Å². The van der Waals surface area contributed by atoms with Gasteiger partial charge in [-0.15, -0.1) is 0 Å². The Kier molecular flexibility index (Phi) is 4.56. The second-order valence-electron chi connectivity index (χ2n) is 4.18. The van der Waals surface area contributed by atoms with Gasteiger partial charge in [0.25, 0.3) is 0 Å². The molecule has 0 aliphatic carbocycles. The molecule has 0 radical (unpaired) electrons. The number of ether oxygens (including phenoxy) is 1. The number of carbonyl (C=O) groups excluding carboxylic acids is 1. The minimum Gasteiger partial charge on any atom is -0.369 e. The normalized spacial score (nSPS) is 17.3. The van der Waals surface area contributed by atoms with Crippen LogP contribution in [-0.2, 0) is 9.53 Å². The zero-order chi connectivity index (χ0) is 13.1. The van der Waals surface area contributed by atoms with Crippen molar-refractivity contribution in [1.82, 2.24) is 4.90 Å². The second kappa shape index (κ2) is 5.53. The summed E-state index contributed by atoms with van der Waals surface area (Å²) >= 11 is 0. The minimum atomic E-state index is -4.27. The first-order valence-electron chi connectivity index (χ1n) is 5.46. The van der Waals surface area contributed by atoms with Gasteiger partial charge in [0.15, 0.2) is 0 Å². The Bertz CT molecular complexity index is 310. The standard InChI is InChI=1S/C11H16F3NO2/c1-8(2)17-7-10(16)15-5-3-9(4-6-15)11(12,13)14/h3,8H,4-7H2,1-2H3. The van der Waals surface area contributed by atoms with E-state index in [0.717, 1.165) is 6.08 Å². The van der Waals surface area contributed by atoms with E-state index in [1.807, 2.05) is 0 Å². The Balaban J connectivity index is 2.46. The third kappa shape index (κ3) is 4.38. The van der Waals surface area contributed by atoms with Crippen molar-refractivity contribution in [3.8, 4) is 0 Å². The first kappa shape index (κ1) is 14.0. The summed E-state index contributed by atoms with van der Waals surface area (Å²) < 4.78 is 42.1. The van der Waals surface area contributed by atoms with Crippen LogP contribution in [0.1, 0.15) is 20.3 Å². The SMILES string of the molecule is CC(C)OCC(=O)N1CC=C(C(F)(F)F)CC1. The molecule has 1 aliphatic heterocycles. The third-order valence-corrected chi connectivity index (χ3v) is 2.47. The van der Waals surface area contributed by atoms with Gasteiger partial charge in [-0.1, -0.05) is 6.08 Å². The number of hydrogen-bond donors (Lipinski definition) is 0. The van der Waals surface area contributed by atoms with Crippen LogP contribution in [0.4, 0.5) is 13.2 Å². The van der Waals surface area contributed by atoms with Crippen LogP contribution in [0.15, 0.2) is 11.6 Å². The molecular weight excluding hydrogens is 235 g/mol. The van der Waals surface area contributed by atoms with Crippen molar-refractivity contribution in [1.29, 1.82) is 0 Å². The highest BCUT2D eigenvalue weighted by Gasteiger charge is 2.35. The molecule has 0 saturated heterocycles. The summed E-state index contributed by atoms with van der Waals surface area (Å²) in [6.45, 7) is 3.63. The first-order chi connectivity index (χ1) is 7.80. The van der Waals surface area contributed by atoms with Gasteiger partial charge in [0.2, 0.25) is 5.91 Å². The largest absolute Gasteiger partial charge is 0.412 e. The molecule has 98 valence electrons. The van der Waals surface area contributed by atoms with Gasteiger partial charge in [0.1, 0.15) is 6.61 Å². The molecule has 0 unspecified atom stereocenters. The average molecular weight is 251 g/mol. The number of hydrogen-bond acceptors (Lipinski definition) is 2. The first-order valence-corrected chi connectivity index (χ1v) is 5.46. The van der Waals surface area contributed by atoms with E-state index in [0.29, 0.717) is 0 Å². The van der Waals surface area contributed by atoms with E-state index < -0.39 is 11.7 Å². The highest BCUT2D eigenvalue weighted by atomic mass is 19.4. The van der Waals surface area contributed by atoms with Crippen LogP contribution >= 0.6 is 0 Å². The van der Waals surface area contributed by atoms with E-state index in [4.69, 9.17) is 4.74 Å². The smallest absolute Gasteiger partial charge is 0.369 e. The van der Waals surface area contributed by atoms with Gasteiger partial charge in [-0.2, -0.15) is 13.2 Å². The average Bonchev–Trinajstić information content (AvgIpc) is 2.25. The summed E-state index contributed by atoms with van der Waals surface area (Å²) in [6, 6.07) is 0. The fourth-order valence-corrected chi connectivity index (χ4v) is 1.48. The maximum atomic E-state index is 12.3. The van der Waals surface area contributed by atoms with Crippen molar-refractivity contribution in [3.63, 3.8) is 0 Å². The van der Waals surface area contributed by atoms with Gasteiger partial charge < -0.3 is 9.64 Å². The highest BCUT2D eigenvalue weighted by molar-refractivity contribution is 5.77. The summed E-state index contributed by atoms with van der Waals surface area (Å²) in [5.41, 5.74) is -0.550. The lowest BCUT2D eigenvalue weighted by molar-refractivity contribution is -0.138. The zero-order valence-corrected chi connectivity index (χ0v) is 9.88. The minimum absolute atomic E-state index is 0.00906. The molecule has 0 atom stereocenters. The van der Waals surface area contributed by atoms with Crippen LogP contribution < -0.4 is 0 Å². The number of rotatable bonds is 3. The van der Waals surface area contributed by atoms with E-state index in [2.05, 4.69) is 0 Å². The molecule has 0 fully saturated rings. The monoisotopic (exact) mass is 251 g/mol. The van der Waals surface area contributed by atoms with Crippen LogP contribution in [0, 0.1) is 0 Å². The predicted octanol–water partition coefficient (Wildman–Crippen LogP) is 2.13. The summed E-state index contributed by atoms with van der Waals surface area (Å²) in [4.78, 5) is 12.9. The maximum absolute atomic E-state index is 12.3. The Hall–Kier alpha value is -1.04. The van der Waals surface area contributed by atoms with Gasteiger partial charge in [-0.3, -0.25) is 4.79 Å². The van der Waals surface area contributed by atoms with Crippen molar-refractivity contribution < 1.29 is 22.7 Å². The molecule has 0 aromatic rings. The lowest BCUT2D eigenvalue weighted by Gasteiger charge is -2.27. The zero-order valence-electron chi connectivity index (χ0n) is 9.88. The lowest BCUT2D eigenvalue weighted by atomic mass is 10.1. The Morgan fingerprint density at radius 1 is 1.53 bits per heavy atom. The van der Waals surface area contributed by atoms with Crippen molar-refractivity contribution >= 4 is 5.91 Å². The van der Waals surface area contributed by atoms with Crippen molar-refractivity contribution in [3.05, 3.63) is 11.6 Å². The lowest BCUT2D eigenvalue weighted by Crippen LogP contribution is -2.39. The van der Waals surface area contributed by atoms with E-state index in [1.165, 1.54) is 4.90 Å². The second-order valence-corrected chi connectivity index (χ2v) is 4.18. The van der Waals surface area contributed by atoms with Crippen LogP contribution in [0.3, 0.4) is 0 Å². The number of nitrogens with zero attached hydrogens (tertiary/aromatic N) is 1. The topological polar surface area (TPSA) is 29.5 Å². The molecule has 0 saturated carbocycles. The fourth-order valence-electron chi connectivity index (χ4n) is 1.48. The Labute approximate surface area is 98.2 Å².